The molecule has 1 aliphatic rings. The van der Waals surface area contributed by atoms with Crippen LogP contribution in [0.3, 0.4) is 0 Å². The van der Waals surface area contributed by atoms with Crippen molar-refractivity contribution in [2.45, 2.75) is 12.6 Å². The second kappa shape index (κ2) is 10.5. The Kier molecular flexibility index (Phi) is 6.86. The molecule has 1 atom stereocenters. The summed E-state index contributed by atoms with van der Waals surface area (Å²) in [5.74, 6) is -0.467. The zero-order valence-electron chi connectivity index (χ0n) is 19.9. The summed E-state index contributed by atoms with van der Waals surface area (Å²) in [4.78, 5) is 34.0. The predicted octanol–water partition coefficient (Wildman–Crippen LogP) is 2.98. The van der Waals surface area contributed by atoms with E-state index in [-0.39, 0.29) is 11.8 Å². The molecule has 2 amide bonds. The summed E-state index contributed by atoms with van der Waals surface area (Å²) in [6, 6.07) is 22.8. The number of rotatable bonds is 7. The first-order chi connectivity index (χ1) is 17.6. The fraction of sp³-hybridized carbons (Fsp3) is 0.214. The van der Waals surface area contributed by atoms with Crippen molar-refractivity contribution in [2.75, 3.05) is 26.2 Å². The Hall–Kier alpha value is -4.30. The van der Waals surface area contributed by atoms with E-state index >= 15 is 0 Å². The minimum Gasteiger partial charge on any atom is -0.368 e. The quantitative estimate of drug-likeness (QED) is 0.439. The van der Waals surface area contributed by atoms with Gasteiger partial charge < -0.3 is 10.6 Å². The Morgan fingerprint density at radius 2 is 1.58 bits per heavy atom. The highest BCUT2D eigenvalue weighted by atomic mass is 16.2. The number of hydrogen-bond donors (Lipinski definition) is 1. The highest BCUT2D eigenvalue weighted by Crippen LogP contribution is 2.26. The molecule has 1 fully saturated rings. The molecule has 182 valence electrons. The highest BCUT2D eigenvalue weighted by Gasteiger charge is 2.32. The van der Waals surface area contributed by atoms with Crippen molar-refractivity contribution in [3.8, 4) is 11.3 Å². The van der Waals surface area contributed by atoms with E-state index in [1.807, 2.05) is 88.8 Å². The van der Waals surface area contributed by atoms with Gasteiger partial charge in [-0.15, -0.1) is 0 Å². The van der Waals surface area contributed by atoms with E-state index in [1.165, 1.54) is 0 Å². The average molecular weight is 481 g/mol. The van der Waals surface area contributed by atoms with Crippen molar-refractivity contribution < 1.29 is 9.59 Å². The number of benzene rings is 2. The Morgan fingerprint density at radius 3 is 2.22 bits per heavy atom. The zero-order valence-corrected chi connectivity index (χ0v) is 19.9. The van der Waals surface area contributed by atoms with Gasteiger partial charge in [0.15, 0.2) is 0 Å². The molecule has 2 aromatic carbocycles. The average Bonchev–Trinajstić information content (AvgIpc) is 3.34. The first-order valence-corrected chi connectivity index (χ1v) is 12.0. The lowest BCUT2D eigenvalue weighted by molar-refractivity contribution is -0.124. The van der Waals surface area contributed by atoms with E-state index in [0.717, 1.165) is 16.7 Å². The van der Waals surface area contributed by atoms with Crippen LogP contribution in [-0.4, -0.2) is 62.6 Å². The third-order valence-corrected chi connectivity index (χ3v) is 6.47. The summed E-state index contributed by atoms with van der Waals surface area (Å²) in [6.45, 7) is 2.65. The molecule has 0 spiro atoms. The molecule has 3 heterocycles. The second-order valence-electron chi connectivity index (χ2n) is 8.86. The summed E-state index contributed by atoms with van der Waals surface area (Å²) < 4.78 is 1.81. The molecule has 2 N–H and O–H groups in total. The van der Waals surface area contributed by atoms with Gasteiger partial charge >= 0.3 is 0 Å². The molecule has 8 nitrogen and oxygen atoms in total. The number of carbonyl (C=O) groups excluding carboxylic acids is 2. The molecule has 0 saturated carbocycles. The standard InChI is InChI=1S/C28H28N6O2/c29-27(35)26(22-10-5-2-6-11-22)32-14-16-33(17-15-32)28(36)24-20-34(19-21-8-3-1-4-9-21)31-25(24)23-12-7-13-30-18-23/h1-13,18,20,26H,14-17,19H2,(H2,29,35). The van der Waals surface area contributed by atoms with Crippen molar-refractivity contribution in [1.29, 1.82) is 0 Å². The monoisotopic (exact) mass is 480 g/mol. The normalized spacial score (nSPS) is 14.9. The smallest absolute Gasteiger partial charge is 0.257 e. The largest absolute Gasteiger partial charge is 0.368 e. The zero-order chi connectivity index (χ0) is 24.9. The maximum Gasteiger partial charge on any atom is 0.257 e. The van der Waals surface area contributed by atoms with Gasteiger partial charge in [0.2, 0.25) is 5.91 Å². The molecule has 5 rings (SSSR count). The number of nitrogens with zero attached hydrogens (tertiary/aromatic N) is 5. The van der Waals surface area contributed by atoms with Crippen molar-refractivity contribution in [3.05, 3.63) is 108 Å². The molecule has 0 radical (unpaired) electrons. The van der Waals surface area contributed by atoms with E-state index in [2.05, 4.69) is 4.98 Å². The van der Waals surface area contributed by atoms with Crippen molar-refractivity contribution in [3.63, 3.8) is 0 Å². The lowest BCUT2D eigenvalue weighted by Gasteiger charge is -2.38. The molecule has 1 saturated heterocycles. The number of hydrogen-bond acceptors (Lipinski definition) is 5. The first kappa shape index (κ1) is 23.4. The molecular formula is C28H28N6O2. The molecule has 1 aliphatic heterocycles. The maximum absolute atomic E-state index is 13.7. The van der Waals surface area contributed by atoms with Gasteiger partial charge in [-0.3, -0.25) is 24.2 Å². The van der Waals surface area contributed by atoms with Gasteiger partial charge in [0.05, 0.1) is 12.1 Å². The van der Waals surface area contributed by atoms with Crippen LogP contribution in [0.2, 0.25) is 0 Å². The minimum atomic E-state index is -0.511. The minimum absolute atomic E-state index is 0.0804. The lowest BCUT2D eigenvalue weighted by atomic mass is 10.0. The number of aromatic nitrogens is 3. The van der Waals surface area contributed by atoms with Crippen molar-refractivity contribution >= 4 is 11.8 Å². The summed E-state index contributed by atoms with van der Waals surface area (Å²) in [7, 11) is 0. The third kappa shape index (κ3) is 5.04. The lowest BCUT2D eigenvalue weighted by Crippen LogP contribution is -2.51. The van der Waals surface area contributed by atoms with Crippen LogP contribution >= 0.6 is 0 Å². The van der Waals surface area contributed by atoms with Gasteiger partial charge in [-0.2, -0.15) is 5.10 Å². The number of primary amides is 1. The molecule has 0 bridgehead atoms. The van der Waals surface area contributed by atoms with Gasteiger partial charge in [0.25, 0.3) is 5.91 Å². The summed E-state index contributed by atoms with van der Waals surface area (Å²) in [5.41, 5.74) is 9.68. The van der Waals surface area contributed by atoms with E-state index in [1.54, 1.807) is 17.1 Å². The first-order valence-electron chi connectivity index (χ1n) is 12.0. The fourth-order valence-corrected chi connectivity index (χ4v) is 4.69. The van der Waals surface area contributed by atoms with Crippen LogP contribution in [0, 0.1) is 0 Å². The summed E-state index contributed by atoms with van der Waals surface area (Å²) >= 11 is 0. The number of pyridine rings is 1. The summed E-state index contributed by atoms with van der Waals surface area (Å²) in [6.07, 6.45) is 5.24. The van der Waals surface area contributed by atoms with Gasteiger partial charge in [0.1, 0.15) is 11.7 Å². The number of amides is 2. The molecule has 2 aromatic heterocycles. The van der Waals surface area contributed by atoms with E-state index in [9.17, 15) is 9.59 Å². The van der Waals surface area contributed by atoms with Gasteiger partial charge in [-0.1, -0.05) is 60.7 Å². The predicted molar refractivity (Wildman–Crippen MR) is 137 cm³/mol. The van der Waals surface area contributed by atoms with Crippen LogP contribution in [0.1, 0.15) is 27.5 Å². The van der Waals surface area contributed by atoms with E-state index < -0.39 is 6.04 Å². The molecule has 36 heavy (non-hydrogen) atoms. The number of carbonyl (C=O) groups is 2. The van der Waals surface area contributed by atoms with E-state index in [4.69, 9.17) is 10.8 Å². The molecular weight excluding hydrogens is 452 g/mol. The van der Waals surface area contributed by atoms with Crippen LogP contribution in [0.4, 0.5) is 0 Å². The van der Waals surface area contributed by atoms with Crippen molar-refractivity contribution in [1.82, 2.24) is 24.6 Å². The Morgan fingerprint density at radius 1 is 0.889 bits per heavy atom. The highest BCUT2D eigenvalue weighted by molar-refractivity contribution is 5.99. The third-order valence-electron chi connectivity index (χ3n) is 6.47. The second-order valence-corrected chi connectivity index (χ2v) is 8.86. The van der Waals surface area contributed by atoms with Crippen LogP contribution in [0.15, 0.2) is 91.4 Å². The Bertz CT molecular complexity index is 1320. The molecule has 4 aromatic rings. The van der Waals surface area contributed by atoms with Crippen LogP contribution < -0.4 is 5.73 Å². The number of piperazine rings is 1. The van der Waals surface area contributed by atoms with E-state index in [0.29, 0.717) is 44.0 Å². The topological polar surface area (TPSA) is 97.4 Å². The summed E-state index contributed by atoms with van der Waals surface area (Å²) in [5, 5.41) is 4.76. The molecule has 1 unspecified atom stereocenters. The van der Waals surface area contributed by atoms with Crippen LogP contribution in [0.25, 0.3) is 11.3 Å². The van der Waals surface area contributed by atoms with Crippen LogP contribution in [-0.2, 0) is 11.3 Å². The molecule has 8 heteroatoms. The van der Waals surface area contributed by atoms with Gasteiger partial charge in [-0.25, -0.2) is 0 Å². The number of nitrogens with two attached hydrogens (primary N) is 1. The van der Waals surface area contributed by atoms with Gasteiger partial charge in [-0.05, 0) is 23.3 Å². The SMILES string of the molecule is NC(=O)C(c1ccccc1)N1CCN(C(=O)c2cn(Cc3ccccc3)nc2-c2cccnc2)CC1. The van der Waals surface area contributed by atoms with Crippen LogP contribution in [0.5, 0.6) is 0 Å². The fourth-order valence-electron chi connectivity index (χ4n) is 4.69. The Labute approximate surface area is 210 Å². The Balaban J connectivity index is 1.36. The van der Waals surface area contributed by atoms with Crippen molar-refractivity contribution in [2.24, 2.45) is 5.73 Å². The molecule has 0 aliphatic carbocycles. The maximum atomic E-state index is 13.7. The van der Waals surface area contributed by atoms with Gasteiger partial charge in [0, 0.05) is 50.3 Å².